The average molecular weight is 116 g/mol. The second-order valence-corrected chi connectivity index (χ2v) is 0.300. The predicted octanol–water partition coefficient (Wildman–Crippen LogP) is 0.507. The summed E-state index contributed by atoms with van der Waals surface area (Å²) in [5, 5.41) is 8.63. The maximum Gasteiger partial charge on any atom is 1.00 e. The van der Waals surface area contributed by atoms with Crippen LogP contribution in [0.4, 0.5) is 0 Å². The molecule has 0 aliphatic rings. The SMILES string of the molecule is N#CS.[Fe].[H+]. The average Bonchev–Trinajstić information content (AvgIpc) is 0.918. The third-order valence-electron chi connectivity index (χ3n) is 0. The van der Waals surface area contributed by atoms with E-state index in [4.69, 9.17) is 5.26 Å². The second kappa shape index (κ2) is 10.1. The van der Waals surface area contributed by atoms with E-state index in [0.717, 1.165) is 0 Å². The van der Waals surface area contributed by atoms with Gasteiger partial charge in [-0.15, -0.1) is 0 Å². The first kappa shape index (κ1) is 8.84. The normalized spacial score (nSPS) is 2.00. The van der Waals surface area contributed by atoms with Crippen LogP contribution in [0.3, 0.4) is 0 Å². The van der Waals surface area contributed by atoms with Crippen molar-refractivity contribution in [1.82, 2.24) is 0 Å². The molecule has 0 saturated heterocycles. The van der Waals surface area contributed by atoms with E-state index in [9.17, 15) is 0 Å². The van der Waals surface area contributed by atoms with Crippen molar-refractivity contribution in [3.05, 3.63) is 0 Å². The number of nitrogens with zero attached hydrogens (tertiary/aromatic N) is 1. The quantitative estimate of drug-likeness (QED) is 0.278. The molecular weight excluding hydrogens is 114 g/mol. The van der Waals surface area contributed by atoms with Crippen LogP contribution in [0.25, 0.3) is 0 Å². The largest absolute Gasteiger partial charge is 1.00 e. The molecule has 1 nitrogen and oxygen atoms in total. The minimum absolute atomic E-state index is 0. The van der Waals surface area contributed by atoms with Crippen LogP contribution >= 0.6 is 12.6 Å². The molecule has 0 heterocycles. The van der Waals surface area contributed by atoms with Crippen LogP contribution in [0.1, 0.15) is 1.43 Å². The van der Waals surface area contributed by atoms with Crippen molar-refractivity contribution in [3.63, 3.8) is 0 Å². The summed E-state index contributed by atoms with van der Waals surface area (Å²) in [5.41, 5.74) is 0. The van der Waals surface area contributed by atoms with Gasteiger partial charge < -0.3 is 0 Å². The summed E-state index contributed by atoms with van der Waals surface area (Å²) < 4.78 is 0. The molecule has 0 radical (unpaired) electrons. The van der Waals surface area contributed by atoms with Crippen LogP contribution in [0.5, 0.6) is 0 Å². The van der Waals surface area contributed by atoms with E-state index in [1.54, 1.807) is 0 Å². The topological polar surface area (TPSA) is 23.8 Å². The maximum atomic E-state index is 7.18. The Bertz CT molecular complexity index is 33.1. The minimum Gasteiger partial charge on any atom is -0.185 e. The van der Waals surface area contributed by atoms with Gasteiger partial charge in [0.2, 0.25) is 0 Å². The van der Waals surface area contributed by atoms with Gasteiger partial charge in [0.05, 0.1) is 0 Å². The summed E-state index contributed by atoms with van der Waals surface area (Å²) in [4.78, 5) is 0. The molecule has 3 heteroatoms. The third kappa shape index (κ3) is 33.7. The van der Waals surface area contributed by atoms with E-state index in [0.29, 0.717) is 0 Å². The smallest absolute Gasteiger partial charge is 0.185 e. The Labute approximate surface area is 42.4 Å². The summed E-state index contributed by atoms with van der Waals surface area (Å²) in [6.07, 6.45) is 0. The molecule has 0 spiro atoms. The number of nitriles is 1. The van der Waals surface area contributed by atoms with Crippen molar-refractivity contribution in [2.75, 3.05) is 0 Å². The maximum absolute atomic E-state index is 7.18. The van der Waals surface area contributed by atoms with E-state index in [-0.39, 0.29) is 18.5 Å². The Morgan fingerprint density at radius 3 is 2.00 bits per heavy atom. The molecule has 0 N–H and O–H groups in total. The van der Waals surface area contributed by atoms with Gasteiger partial charge in [0.25, 0.3) is 0 Å². The van der Waals surface area contributed by atoms with E-state index >= 15 is 0 Å². The van der Waals surface area contributed by atoms with Gasteiger partial charge in [0, 0.05) is 17.1 Å². The van der Waals surface area contributed by atoms with Crippen molar-refractivity contribution in [1.29, 1.82) is 5.26 Å². The van der Waals surface area contributed by atoms with Crippen LogP contribution in [-0.2, 0) is 17.1 Å². The molecule has 0 atom stereocenters. The Morgan fingerprint density at radius 1 is 2.00 bits per heavy atom. The Morgan fingerprint density at radius 2 is 2.00 bits per heavy atom. The van der Waals surface area contributed by atoms with Crippen LogP contribution < -0.4 is 0 Å². The number of hydrogen-bond donors (Lipinski definition) is 1. The molecule has 0 unspecified atom stereocenters. The van der Waals surface area contributed by atoms with E-state index in [1.807, 2.05) is 0 Å². The molecule has 4 heavy (non-hydrogen) atoms. The van der Waals surface area contributed by atoms with Gasteiger partial charge in [-0.1, -0.05) is 12.6 Å². The standard InChI is InChI=1S/CHNS.Fe/c2-1-3;/h3H;/p+1. The number of rotatable bonds is 0. The van der Waals surface area contributed by atoms with Gasteiger partial charge in [-0.25, -0.2) is 0 Å². The van der Waals surface area contributed by atoms with Gasteiger partial charge in [0.1, 0.15) is 5.40 Å². The van der Waals surface area contributed by atoms with Crippen molar-refractivity contribution in [2.24, 2.45) is 0 Å². The van der Waals surface area contributed by atoms with E-state index in [1.165, 1.54) is 5.40 Å². The molecular formula is CH2FeNS+. The van der Waals surface area contributed by atoms with Gasteiger partial charge >= 0.3 is 1.43 Å². The fraction of sp³-hybridized carbons (Fsp3) is 0. The third-order valence-corrected chi connectivity index (χ3v) is 0. The molecule has 0 aliphatic heterocycles. The fourth-order valence-electron chi connectivity index (χ4n) is 0. The Balaban J connectivity index is -0.0000000200. The summed E-state index contributed by atoms with van der Waals surface area (Å²) in [6, 6.07) is 0. The Kier molecular flexibility index (Phi) is 22.4. The molecule has 0 aromatic carbocycles. The van der Waals surface area contributed by atoms with Gasteiger partial charge in [-0.05, 0) is 0 Å². The van der Waals surface area contributed by atoms with Crippen LogP contribution in [0, 0.1) is 10.7 Å². The van der Waals surface area contributed by atoms with Gasteiger partial charge in [-0.3, -0.25) is 0 Å². The number of thiol groups is 1. The molecule has 0 rings (SSSR count). The number of hydrogen-bond acceptors (Lipinski definition) is 2. The summed E-state index contributed by atoms with van der Waals surface area (Å²) in [6.45, 7) is 0. The minimum atomic E-state index is 0. The van der Waals surface area contributed by atoms with Gasteiger partial charge in [0.15, 0.2) is 0 Å². The molecule has 0 amide bonds. The predicted molar refractivity (Wildman–Crippen MR) is 15.7 cm³/mol. The molecule has 0 fully saturated rings. The van der Waals surface area contributed by atoms with Crippen LogP contribution in [0.15, 0.2) is 0 Å². The van der Waals surface area contributed by atoms with E-state index < -0.39 is 0 Å². The molecule has 0 aliphatic carbocycles. The molecule has 0 bridgehead atoms. The zero-order valence-electron chi connectivity index (χ0n) is 2.75. The first-order valence-electron chi connectivity index (χ1n) is 0.447. The summed E-state index contributed by atoms with van der Waals surface area (Å²) in [7, 11) is 0. The fourth-order valence-corrected chi connectivity index (χ4v) is 0. The summed E-state index contributed by atoms with van der Waals surface area (Å²) >= 11 is 3.09. The van der Waals surface area contributed by atoms with Crippen molar-refractivity contribution in [2.45, 2.75) is 0 Å². The first-order valence-corrected chi connectivity index (χ1v) is 0.894. The molecule has 0 saturated carbocycles. The molecule has 0 aromatic heterocycles. The zero-order chi connectivity index (χ0) is 2.71. The first-order chi connectivity index (χ1) is 1.41. The van der Waals surface area contributed by atoms with Crippen molar-refractivity contribution >= 4 is 12.6 Å². The second-order valence-electron chi connectivity index (χ2n) is 0.100. The Hall–Kier alpha value is 0.359. The van der Waals surface area contributed by atoms with Crippen LogP contribution in [-0.4, -0.2) is 0 Å². The number of thiocyanates is 1. The monoisotopic (exact) mass is 116 g/mol. The van der Waals surface area contributed by atoms with Gasteiger partial charge in [-0.2, -0.15) is 5.26 Å². The zero-order valence-corrected chi connectivity index (χ0v) is 3.75. The van der Waals surface area contributed by atoms with Crippen LogP contribution in [0.2, 0.25) is 0 Å². The van der Waals surface area contributed by atoms with E-state index in [2.05, 4.69) is 12.6 Å². The molecule has 0 aromatic rings. The van der Waals surface area contributed by atoms with Crippen molar-refractivity contribution < 1.29 is 18.5 Å². The summed E-state index contributed by atoms with van der Waals surface area (Å²) in [5.74, 6) is 0. The molecule has 24 valence electrons. The van der Waals surface area contributed by atoms with Crippen molar-refractivity contribution in [3.8, 4) is 5.40 Å².